The molecule has 1 amide bonds. The minimum Gasteiger partial charge on any atom is -0.384 e. The first-order valence-corrected chi connectivity index (χ1v) is 7.58. The SMILES string of the molecule is COC[C@@H](C)C(=O)N1CCN(Cc2ccc(Cl)cn2)CC1. The van der Waals surface area contributed by atoms with E-state index >= 15 is 0 Å². The minimum atomic E-state index is -0.0699. The fourth-order valence-electron chi connectivity index (χ4n) is 2.49. The molecule has 0 unspecified atom stereocenters. The number of rotatable bonds is 5. The third-order valence-electron chi connectivity index (χ3n) is 3.70. The number of carbonyl (C=O) groups excluding carboxylic acids is 1. The lowest BCUT2D eigenvalue weighted by Crippen LogP contribution is -2.50. The van der Waals surface area contributed by atoms with Crippen molar-refractivity contribution < 1.29 is 9.53 Å². The van der Waals surface area contributed by atoms with Crippen molar-refractivity contribution in [1.82, 2.24) is 14.8 Å². The molecule has 2 heterocycles. The smallest absolute Gasteiger partial charge is 0.227 e. The number of amides is 1. The van der Waals surface area contributed by atoms with Crippen molar-refractivity contribution >= 4 is 17.5 Å². The molecule has 0 spiro atoms. The highest BCUT2D eigenvalue weighted by molar-refractivity contribution is 6.30. The van der Waals surface area contributed by atoms with Gasteiger partial charge in [0.1, 0.15) is 0 Å². The summed E-state index contributed by atoms with van der Waals surface area (Å²) >= 11 is 5.83. The topological polar surface area (TPSA) is 45.7 Å². The second kappa shape index (κ2) is 7.73. The molecular weight excluding hydrogens is 290 g/mol. The van der Waals surface area contributed by atoms with Crippen molar-refractivity contribution in [3.63, 3.8) is 0 Å². The molecule has 1 fully saturated rings. The number of pyridine rings is 1. The third kappa shape index (κ3) is 4.66. The standard InChI is InChI=1S/C15H22ClN3O2/c1-12(11-21-2)15(20)19-7-5-18(6-8-19)10-14-4-3-13(16)9-17-14/h3-4,9,12H,5-8,10-11H2,1-2H3/t12-/m1/s1. The predicted octanol–water partition coefficient (Wildman–Crippen LogP) is 1.66. The van der Waals surface area contributed by atoms with Gasteiger partial charge < -0.3 is 9.64 Å². The maximum atomic E-state index is 12.2. The third-order valence-corrected chi connectivity index (χ3v) is 3.92. The molecule has 0 N–H and O–H groups in total. The zero-order valence-corrected chi connectivity index (χ0v) is 13.3. The van der Waals surface area contributed by atoms with Gasteiger partial charge in [-0.1, -0.05) is 18.5 Å². The van der Waals surface area contributed by atoms with Gasteiger partial charge in [-0.05, 0) is 12.1 Å². The Kier molecular flexibility index (Phi) is 5.96. The molecule has 6 heteroatoms. The molecule has 1 aliphatic heterocycles. The van der Waals surface area contributed by atoms with E-state index in [9.17, 15) is 4.79 Å². The molecule has 0 radical (unpaired) electrons. The van der Waals surface area contributed by atoms with Crippen LogP contribution in [0, 0.1) is 5.92 Å². The maximum Gasteiger partial charge on any atom is 0.227 e. The fourth-order valence-corrected chi connectivity index (χ4v) is 2.60. The highest BCUT2D eigenvalue weighted by Crippen LogP contribution is 2.12. The summed E-state index contributed by atoms with van der Waals surface area (Å²) in [6.45, 7) is 6.46. The van der Waals surface area contributed by atoms with Crippen molar-refractivity contribution in [3.05, 3.63) is 29.0 Å². The first-order chi connectivity index (χ1) is 10.1. The van der Waals surface area contributed by atoms with Crippen molar-refractivity contribution in [2.24, 2.45) is 5.92 Å². The van der Waals surface area contributed by atoms with Crippen LogP contribution in [0.15, 0.2) is 18.3 Å². The Morgan fingerprint density at radius 2 is 2.10 bits per heavy atom. The number of piperazine rings is 1. The van der Waals surface area contributed by atoms with E-state index in [-0.39, 0.29) is 11.8 Å². The molecule has 1 aromatic rings. The van der Waals surface area contributed by atoms with Crippen LogP contribution in [-0.2, 0) is 16.1 Å². The maximum absolute atomic E-state index is 12.2. The summed E-state index contributed by atoms with van der Waals surface area (Å²) in [4.78, 5) is 20.7. The van der Waals surface area contributed by atoms with Gasteiger partial charge in [0.05, 0.1) is 23.2 Å². The minimum absolute atomic E-state index is 0.0699. The number of hydrogen-bond acceptors (Lipinski definition) is 4. The highest BCUT2D eigenvalue weighted by atomic mass is 35.5. The summed E-state index contributed by atoms with van der Waals surface area (Å²) in [6.07, 6.45) is 1.67. The van der Waals surface area contributed by atoms with Crippen molar-refractivity contribution in [2.45, 2.75) is 13.5 Å². The van der Waals surface area contributed by atoms with E-state index in [1.54, 1.807) is 13.3 Å². The van der Waals surface area contributed by atoms with E-state index < -0.39 is 0 Å². The number of halogens is 1. The molecule has 0 aliphatic carbocycles. The second-order valence-corrected chi connectivity index (χ2v) is 5.86. The Balaban J connectivity index is 1.80. The van der Waals surface area contributed by atoms with Gasteiger partial charge in [0, 0.05) is 46.0 Å². The van der Waals surface area contributed by atoms with Gasteiger partial charge in [0.25, 0.3) is 0 Å². The zero-order chi connectivity index (χ0) is 15.2. The summed E-state index contributed by atoms with van der Waals surface area (Å²) in [6, 6.07) is 3.80. The van der Waals surface area contributed by atoms with Crippen LogP contribution >= 0.6 is 11.6 Å². The molecule has 1 aliphatic rings. The summed E-state index contributed by atoms with van der Waals surface area (Å²) in [5, 5.41) is 0.654. The Bertz CT molecular complexity index is 458. The predicted molar refractivity (Wildman–Crippen MR) is 82.1 cm³/mol. The zero-order valence-electron chi connectivity index (χ0n) is 12.6. The van der Waals surface area contributed by atoms with Gasteiger partial charge in [-0.2, -0.15) is 0 Å². The van der Waals surface area contributed by atoms with E-state index in [1.165, 1.54) is 0 Å². The van der Waals surface area contributed by atoms with Gasteiger partial charge >= 0.3 is 0 Å². The molecule has 1 atom stereocenters. The van der Waals surface area contributed by atoms with Crippen LogP contribution in [-0.4, -0.2) is 60.6 Å². The van der Waals surface area contributed by atoms with Gasteiger partial charge in [0.15, 0.2) is 0 Å². The number of carbonyl (C=O) groups is 1. The lowest BCUT2D eigenvalue weighted by Gasteiger charge is -2.35. The average molecular weight is 312 g/mol. The van der Waals surface area contributed by atoms with Crippen LogP contribution < -0.4 is 0 Å². The van der Waals surface area contributed by atoms with Crippen molar-refractivity contribution in [2.75, 3.05) is 39.9 Å². The molecule has 21 heavy (non-hydrogen) atoms. The summed E-state index contributed by atoms with van der Waals surface area (Å²) < 4.78 is 5.05. The summed E-state index contributed by atoms with van der Waals surface area (Å²) in [7, 11) is 1.63. The molecule has 0 aromatic carbocycles. The van der Waals surface area contributed by atoms with Crippen LogP contribution in [0.5, 0.6) is 0 Å². The number of hydrogen-bond donors (Lipinski definition) is 0. The first-order valence-electron chi connectivity index (χ1n) is 7.20. The number of ether oxygens (including phenoxy) is 1. The Morgan fingerprint density at radius 3 is 2.67 bits per heavy atom. The number of nitrogens with zero attached hydrogens (tertiary/aromatic N) is 3. The van der Waals surface area contributed by atoms with E-state index in [2.05, 4.69) is 9.88 Å². The lowest BCUT2D eigenvalue weighted by molar-refractivity contribution is -0.138. The van der Waals surface area contributed by atoms with Gasteiger partial charge in [-0.3, -0.25) is 14.7 Å². The van der Waals surface area contributed by atoms with E-state index in [4.69, 9.17) is 16.3 Å². The van der Waals surface area contributed by atoms with E-state index in [0.717, 1.165) is 38.4 Å². The molecule has 116 valence electrons. The monoisotopic (exact) mass is 311 g/mol. The summed E-state index contributed by atoms with van der Waals surface area (Å²) in [5.41, 5.74) is 1.01. The van der Waals surface area contributed by atoms with Crippen molar-refractivity contribution in [1.29, 1.82) is 0 Å². The van der Waals surface area contributed by atoms with Crippen LogP contribution in [0.3, 0.4) is 0 Å². The molecule has 1 aromatic heterocycles. The van der Waals surface area contributed by atoms with Crippen LogP contribution in [0.1, 0.15) is 12.6 Å². The van der Waals surface area contributed by atoms with Gasteiger partial charge in [0.2, 0.25) is 5.91 Å². The molecule has 0 saturated carbocycles. The normalized spacial score (nSPS) is 17.8. The average Bonchev–Trinajstić information content (AvgIpc) is 2.50. The number of methoxy groups -OCH3 is 1. The Labute approximate surface area is 130 Å². The molecule has 0 bridgehead atoms. The Morgan fingerprint density at radius 1 is 1.38 bits per heavy atom. The summed E-state index contributed by atoms with van der Waals surface area (Å²) in [5.74, 6) is 0.112. The molecule has 2 rings (SSSR count). The van der Waals surface area contributed by atoms with Crippen LogP contribution in [0.25, 0.3) is 0 Å². The molecular formula is C15H22ClN3O2. The quantitative estimate of drug-likeness (QED) is 0.830. The number of aromatic nitrogens is 1. The highest BCUT2D eigenvalue weighted by Gasteiger charge is 2.24. The largest absolute Gasteiger partial charge is 0.384 e. The second-order valence-electron chi connectivity index (χ2n) is 5.43. The van der Waals surface area contributed by atoms with Gasteiger partial charge in [-0.15, -0.1) is 0 Å². The fraction of sp³-hybridized carbons (Fsp3) is 0.600. The molecule has 1 saturated heterocycles. The Hall–Kier alpha value is -1.17. The van der Waals surface area contributed by atoms with Gasteiger partial charge in [-0.25, -0.2) is 0 Å². The molecule has 5 nitrogen and oxygen atoms in total. The van der Waals surface area contributed by atoms with E-state index in [0.29, 0.717) is 11.6 Å². The van der Waals surface area contributed by atoms with Crippen LogP contribution in [0.2, 0.25) is 5.02 Å². The lowest BCUT2D eigenvalue weighted by atomic mass is 10.1. The first kappa shape index (κ1) is 16.2. The van der Waals surface area contributed by atoms with Crippen molar-refractivity contribution in [3.8, 4) is 0 Å². The van der Waals surface area contributed by atoms with E-state index in [1.807, 2.05) is 24.0 Å². The van der Waals surface area contributed by atoms with Crippen LogP contribution in [0.4, 0.5) is 0 Å².